The number of hydrogen-bond acceptors (Lipinski definition) is 3. The minimum Gasteiger partial charge on any atom is -0.480 e. The first-order valence-corrected chi connectivity index (χ1v) is 4.80. The number of carboxylic acids is 1. The van der Waals surface area contributed by atoms with E-state index in [1.54, 1.807) is 34.6 Å². The predicted molar refractivity (Wildman–Crippen MR) is 54.6 cm³/mol. The Bertz CT molecular complexity index is 242. The van der Waals surface area contributed by atoms with Gasteiger partial charge in [0.1, 0.15) is 5.60 Å². The van der Waals surface area contributed by atoms with Crippen molar-refractivity contribution in [3.8, 4) is 0 Å². The second-order valence-corrected chi connectivity index (χ2v) is 4.64. The van der Waals surface area contributed by atoms with Crippen LogP contribution in [-0.2, 0) is 9.53 Å². The number of amides is 1. The van der Waals surface area contributed by atoms with Crippen LogP contribution in [0.3, 0.4) is 0 Å². The molecular weight excluding hydrogens is 199 g/mol. The number of ether oxygens (including phenoxy) is 1. The van der Waals surface area contributed by atoms with Gasteiger partial charge < -0.3 is 9.84 Å². The quantitative estimate of drug-likeness (QED) is 0.729. The maximum atomic E-state index is 11.2. The molecule has 0 aromatic rings. The van der Waals surface area contributed by atoms with Crippen LogP contribution >= 0.6 is 0 Å². The molecule has 87 valence electrons. The molecule has 0 bridgehead atoms. The number of nitrogens with zero attached hydrogens (tertiary/aromatic N) is 1. The standard InChI is InChI=1S/C10H18NO4/c1-6(2)7(8(12)13)11-9(14)15-10(3,4)5/h6-7H,1-5H3,(H,12,13)/t7-/m0/s1/i11+1. The summed E-state index contributed by atoms with van der Waals surface area (Å²) in [4.78, 5) is 22.0. The summed E-state index contributed by atoms with van der Waals surface area (Å²) in [6, 6.07) is -1.04. The summed E-state index contributed by atoms with van der Waals surface area (Å²) in [5.41, 5.74) is -0.652. The summed E-state index contributed by atoms with van der Waals surface area (Å²) in [5, 5.41) is 12.3. The SMILES string of the molecule is CC(C)[C@H]([15N]C(=O)OC(C)(C)C)C(=O)O. The summed E-state index contributed by atoms with van der Waals surface area (Å²) < 4.78 is 4.90. The first-order valence-electron chi connectivity index (χ1n) is 4.80. The lowest BCUT2D eigenvalue weighted by Gasteiger charge is -2.21. The smallest absolute Gasteiger partial charge is 0.430 e. The first-order chi connectivity index (χ1) is 6.63. The third kappa shape index (κ3) is 5.93. The summed E-state index contributed by atoms with van der Waals surface area (Å²) in [5.74, 6) is -1.36. The molecule has 1 atom stereocenters. The van der Waals surface area contributed by atoms with Gasteiger partial charge in [0, 0.05) is 0 Å². The minimum absolute atomic E-state index is 0.241. The van der Waals surface area contributed by atoms with Crippen LogP contribution in [-0.4, -0.2) is 28.8 Å². The van der Waals surface area contributed by atoms with E-state index in [1.165, 1.54) is 0 Å². The molecule has 0 spiro atoms. The van der Waals surface area contributed by atoms with E-state index in [0.29, 0.717) is 0 Å². The van der Waals surface area contributed by atoms with Crippen LogP contribution in [0.15, 0.2) is 0 Å². The van der Waals surface area contributed by atoms with Crippen molar-refractivity contribution in [2.24, 2.45) is 5.92 Å². The van der Waals surface area contributed by atoms with Gasteiger partial charge in [-0.3, -0.25) is 0 Å². The molecule has 1 N–H and O–H groups in total. The van der Waals surface area contributed by atoms with Crippen LogP contribution in [0, 0.1) is 5.92 Å². The average Bonchev–Trinajstić information content (AvgIpc) is 1.95. The van der Waals surface area contributed by atoms with E-state index in [2.05, 4.69) is 5.32 Å². The van der Waals surface area contributed by atoms with Crippen LogP contribution in [0.25, 0.3) is 0 Å². The lowest BCUT2D eigenvalue weighted by molar-refractivity contribution is -0.140. The van der Waals surface area contributed by atoms with Crippen LogP contribution < -0.4 is 5.32 Å². The van der Waals surface area contributed by atoms with E-state index < -0.39 is 23.7 Å². The van der Waals surface area contributed by atoms with Crippen molar-refractivity contribution < 1.29 is 19.4 Å². The summed E-state index contributed by atoms with van der Waals surface area (Å²) in [7, 11) is 0. The topological polar surface area (TPSA) is 77.7 Å². The molecule has 0 saturated carbocycles. The molecule has 0 aromatic carbocycles. The van der Waals surface area contributed by atoms with E-state index in [0.717, 1.165) is 0 Å². The Morgan fingerprint density at radius 2 is 1.73 bits per heavy atom. The van der Waals surface area contributed by atoms with Crippen molar-refractivity contribution in [3.63, 3.8) is 0 Å². The Balaban J connectivity index is 4.31. The van der Waals surface area contributed by atoms with Gasteiger partial charge in [-0.05, 0) is 26.7 Å². The molecule has 15 heavy (non-hydrogen) atoms. The van der Waals surface area contributed by atoms with E-state index in [4.69, 9.17) is 9.84 Å². The molecule has 0 unspecified atom stereocenters. The fourth-order valence-corrected chi connectivity index (χ4v) is 0.891. The highest BCUT2D eigenvalue weighted by Crippen LogP contribution is 2.09. The van der Waals surface area contributed by atoms with Crippen molar-refractivity contribution in [2.75, 3.05) is 0 Å². The fourth-order valence-electron chi connectivity index (χ4n) is 0.891. The highest BCUT2D eigenvalue weighted by atomic mass is 16.6. The minimum atomic E-state index is -1.11. The number of carbonyl (C=O) groups is 2. The van der Waals surface area contributed by atoms with Gasteiger partial charge in [-0.2, -0.15) is 5.32 Å². The van der Waals surface area contributed by atoms with E-state index in [-0.39, 0.29) is 5.92 Å². The molecule has 0 saturated heterocycles. The molecule has 0 aliphatic rings. The van der Waals surface area contributed by atoms with E-state index in [9.17, 15) is 9.59 Å². The van der Waals surface area contributed by atoms with Crippen LogP contribution in [0.1, 0.15) is 34.6 Å². The molecule has 0 rings (SSSR count). The zero-order chi connectivity index (χ0) is 12.2. The fraction of sp³-hybridized carbons (Fsp3) is 0.800. The summed E-state index contributed by atoms with van der Waals surface area (Å²) in [6.07, 6.45) is -0.830. The Kier molecular flexibility index (Phi) is 4.58. The van der Waals surface area contributed by atoms with Gasteiger partial charge >= 0.3 is 12.1 Å². The van der Waals surface area contributed by atoms with Crippen molar-refractivity contribution in [1.82, 2.24) is 5.32 Å². The second kappa shape index (κ2) is 5.00. The van der Waals surface area contributed by atoms with Crippen molar-refractivity contribution in [2.45, 2.75) is 46.3 Å². The molecular formula is C10H18NO4. The van der Waals surface area contributed by atoms with Gasteiger partial charge in [-0.15, -0.1) is 0 Å². The number of carbonyl (C=O) groups excluding carboxylic acids is 1. The van der Waals surface area contributed by atoms with Gasteiger partial charge in [-0.1, -0.05) is 13.8 Å². The molecule has 0 aliphatic carbocycles. The van der Waals surface area contributed by atoms with Crippen molar-refractivity contribution >= 4 is 12.1 Å². The largest absolute Gasteiger partial charge is 0.480 e. The molecule has 0 aliphatic heterocycles. The first kappa shape index (κ1) is 13.7. The van der Waals surface area contributed by atoms with Crippen LogP contribution in [0.5, 0.6) is 0 Å². The van der Waals surface area contributed by atoms with Gasteiger partial charge in [0.2, 0.25) is 0 Å². The lowest BCUT2D eigenvalue weighted by Crippen LogP contribution is -2.41. The lowest BCUT2D eigenvalue weighted by atomic mass is 10.1. The Morgan fingerprint density at radius 1 is 1.27 bits per heavy atom. The third-order valence-electron chi connectivity index (χ3n) is 1.52. The number of rotatable bonds is 3. The molecule has 0 fully saturated rings. The molecule has 1 amide bonds. The normalized spacial score (nSPS) is 13.5. The zero-order valence-corrected chi connectivity index (χ0v) is 9.77. The van der Waals surface area contributed by atoms with Gasteiger partial charge in [0.15, 0.2) is 6.04 Å². The highest BCUT2D eigenvalue weighted by molar-refractivity contribution is 5.80. The maximum Gasteiger partial charge on any atom is 0.430 e. The Labute approximate surface area is 89.8 Å². The average molecular weight is 217 g/mol. The summed E-state index contributed by atoms with van der Waals surface area (Å²) >= 11 is 0. The van der Waals surface area contributed by atoms with Gasteiger partial charge in [0.25, 0.3) is 0 Å². The van der Waals surface area contributed by atoms with E-state index >= 15 is 0 Å². The molecule has 1 radical (unpaired) electrons. The van der Waals surface area contributed by atoms with Crippen molar-refractivity contribution in [3.05, 3.63) is 0 Å². The Morgan fingerprint density at radius 3 is 2.00 bits per heavy atom. The number of aliphatic carboxylic acids is 1. The van der Waals surface area contributed by atoms with E-state index in [1.807, 2.05) is 0 Å². The second-order valence-electron chi connectivity index (χ2n) is 4.64. The molecule has 5 nitrogen and oxygen atoms in total. The van der Waals surface area contributed by atoms with Gasteiger partial charge in [-0.25, -0.2) is 9.59 Å². The van der Waals surface area contributed by atoms with Crippen LogP contribution in [0.2, 0.25) is 0 Å². The third-order valence-corrected chi connectivity index (χ3v) is 1.52. The van der Waals surface area contributed by atoms with Gasteiger partial charge in [0.05, 0.1) is 0 Å². The monoisotopic (exact) mass is 217 g/mol. The molecule has 0 heterocycles. The summed E-state index contributed by atoms with van der Waals surface area (Å²) in [6.45, 7) is 8.47. The highest BCUT2D eigenvalue weighted by Gasteiger charge is 2.28. The van der Waals surface area contributed by atoms with Crippen LogP contribution in [0.4, 0.5) is 4.79 Å². The number of hydrogen-bond donors (Lipinski definition) is 1. The van der Waals surface area contributed by atoms with Crippen molar-refractivity contribution in [1.29, 1.82) is 0 Å². The molecule has 5 heteroatoms. The predicted octanol–water partition coefficient (Wildman–Crippen LogP) is 1.64. The molecule has 0 aromatic heterocycles. The Hall–Kier alpha value is -1.26. The zero-order valence-electron chi connectivity index (χ0n) is 9.77. The maximum absolute atomic E-state index is 11.2. The number of carboxylic acid groups (broad SMARTS) is 1.